The Morgan fingerprint density at radius 3 is 2.71 bits per heavy atom. The highest BCUT2D eigenvalue weighted by atomic mass is 79.9. The first-order valence-electron chi connectivity index (χ1n) is 6.89. The topological polar surface area (TPSA) is 49.3 Å². The number of carbonyl (C=O) groups is 1. The molecule has 0 aliphatic carbocycles. The molecule has 0 aliphatic heterocycles. The second-order valence-corrected chi connectivity index (χ2v) is 6.58. The smallest absolute Gasteiger partial charge is 0.252 e. The number of carbonyl (C=O) groups excluding carboxylic acids is 1. The van der Waals surface area contributed by atoms with Crippen LogP contribution in [0.3, 0.4) is 0 Å². The lowest BCUT2D eigenvalue weighted by atomic mass is 10.00. The maximum Gasteiger partial charge on any atom is 0.252 e. The standard InChI is InChI=1S/C16H18BrNO2S/c17-14-5-2-1-4-13(14)16(20)18-9-7-12(8-10-19)15-6-3-11-21-15/h1-6,11-12,19H,7-10H2,(H,18,20). The highest BCUT2D eigenvalue weighted by Crippen LogP contribution is 2.27. The van der Waals surface area contributed by atoms with Crippen LogP contribution in [0.4, 0.5) is 0 Å². The van der Waals surface area contributed by atoms with E-state index in [2.05, 4.69) is 27.3 Å². The fraction of sp³-hybridized carbons (Fsp3) is 0.312. The van der Waals surface area contributed by atoms with E-state index in [1.807, 2.05) is 29.6 Å². The highest BCUT2D eigenvalue weighted by molar-refractivity contribution is 9.10. The van der Waals surface area contributed by atoms with Crippen molar-refractivity contribution < 1.29 is 9.90 Å². The molecule has 3 nitrogen and oxygen atoms in total. The molecule has 0 saturated heterocycles. The third kappa shape index (κ3) is 4.66. The molecule has 2 N–H and O–H groups in total. The van der Waals surface area contributed by atoms with Gasteiger partial charge in [-0.2, -0.15) is 0 Å². The Morgan fingerprint density at radius 1 is 1.24 bits per heavy atom. The van der Waals surface area contributed by atoms with Gasteiger partial charge in [-0.1, -0.05) is 18.2 Å². The van der Waals surface area contributed by atoms with Crippen LogP contribution in [0.2, 0.25) is 0 Å². The number of rotatable bonds is 7. The Kier molecular flexibility index (Phi) is 6.42. The molecule has 0 radical (unpaired) electrons. The van der Waals surface area contributed by atoms with Gasteiger partial charge in [0.25, 0.3) is 5.91 Å². The van der Waals surface area contributed by atoms with Gasteiger partial charge >= 0.3 is 0 Å². The average molecular weight is 368 g/mol. The molecule has 1 atom stereocenters. The molecule has 1 aromatic heterocycles. The van der Waals surface area contributed by atoms with Crippen molar-refractivity contribution >= 4 is 33.2 Å². The number of halogens is 1. The summed E-state index contributed by atoms with van der Waals surface area (Å²) in [6.07, 6.45) is 1.56. The number of aliphatic hydroxyl groups excluding tert-OH is 1. The van der Waals surface area contributed by atoms with E-state index in [0.29, 0.717) is 18.0 Å². The Morgan fingerprint density at radius 2 is 2.05 bits per heavy atom. The van der Waals surface area contributed by atoms with Crippen molar-refractivity contribution in [2.75, 3.05) is 13.2 Å². The SMILES string of the molecule is O=C(NCCC(CCO)c1cccs1)c1ccccc1Br. The molecule has 1 amide bonds. The summed E-state index contributed by atoms with van der Waals surface area (Å²) in [6, 6.07) is 11.5. The second kappa shape index (κ2) is 8.32. The van der Waals surface area contributed by atoms with Crippen molar-refractivity contribution in [2.24, 2.45) is 0 Å². The van der Waals surface area contributed by atoms with Crippen molar-refractivity contribution in [2.45, 2.75) is 18.8 Å². The van der Waals surface area contributed by atoms with Crippen LogP contribution in [0.15, 0.2) is 46.3 Å². The minimum Gasteiger partial charge on any atom is -0.396 e. The van der Waals surface area contributed by atoms with Gasteiger partial charge in [0.2, 0.25) is 0 Å². The zero-order chi connectivity index (χ0) is 15.1. The van der Waals surface area contributed by atoms with Crippen molar-refractivity contribution in [3.63, 3.8) is 0 Å². The Hall–Kier alpha value is -1.17. The molecule has 21 heavy (non-hydrogen) atoms. The molecule has 0 saturated carbocycles. The minimum absolute atomic E-state index is 0.0728. The lowest BCUT2D eigenvalue weighted by molar-refractivity contribution is 0.0951. The molecule has 1 heterocycles. The summed E-state index contributed by atoms with van der Waals surface area (Å²) < 4.78 is 0.799. The molecule has 0 bridgehead atoms. The third-order valence-electron chi connectivity index (χ3n) is 3.32. The monoisotopic (exact) mass is 367 g/mol. The van der Waals surface area contributed by atoms with Crippen LogP contribution < -0.4 is 5.32 Å². The van der Waals surface area contributed by atoms with E-state index in [-0.39, 0.29) is 12.5 Å². The summed E-state index contributed by atoms with van der Waals surface area (Å²) in [5.41, 5.74) is 0.646. The van der Waals surface area contributed by atoms with Crippen LogP contribution in [0.25, 0.3) is 0 Å². The van der Waals surface area contributed by atoms with Gasteiger partial charge in [0.15, 0.2) is 0 Å². The number of benzene rings is 1. The van der Waals surface area contributed by atoms with Gasteiger partial charge in [-0.3, -0.25) is 4.79 Å². The van der Waals surface area contributed by atoms with Gasteiger partial charge in [-0.25, -0.2) is 0 Å². The van der Waals surface area contributed by atoms with Crippen molar-refractivity contribution in [1.29, 1.82) is 0 Å². The van der Waals surface area contributed by atoms with Crippen molar-refractivity contribution in [3.05, 3.63) is 56.7 Å². The zero-order valence-electron chi connectivity index (χ0n) is 11.6. The molecule has 5 heteroatoms. The summed E-state index contributed by atoms with van der Waals surface area (Å²) in [5, 5.41) is 14.2. The second-order valence-electron chi connectivity index (χ2n) is 4.75. The van der Waals surface area contributed by atoms with E-state index in [4.69, 9.17) is 5.11 Å². The average Bonchev–Trinajstić information content (AvgIpc) is 3.01. The van der Waals surface area contributed by atoms with Gasteiger partial charge < -0.3 is 10.4 Å². The summed E-state index contributed by atoms with van der Waals surface area (Å²) in [7, 11) is 0. The fourth-order valence-corrected chi connectivity index (χ4v) is 3.57. The number of thiophene rings is 1. The highest BCUT2D eigenvalue weighted by Gasteiger charge is 2.14. The minimum atomic E-state index is -0.0728. The Balaban J connectivity index is 1.88. The number of hydrogen-bond acceptors (Lipinski definition) is 3. The largest absolute Gasteiger partial charge is 0.396 e. The molecule has 2 rings (SSSR count). The number of amides is 1. The normalized spacial score (nSPS) is 12.1. The number of hydrogen-bond donors (Lipinski definition) is 2. The molecule has 1 aromatic carbocycles. The van der Waals surface area contributed by atoms with Crippen LogP contribution in [-0.2, 0) is 0 Å². The van der Waals surface area contributed by atoms with Crippen LogP contribution in [0, 0.1) is 0 Å². The first-order valence-corrected chi connectivity index (χ1v) is 8.56. The van der Waals surface area contributed by atoms with Crippen molar-refractivity contribution in [1.82, 2.24) is 5.32 Å². The summed E-state index contributed by atoms with van der Waals surface area (Å²) in [6.45, 7) is 0.767. The molecule has 0 fully saturated rings. The summed E-state index contributed by atoms with van der Waals surface area (Å²) in [5.74, 6) is 0.228. The van der Waals surface area contributed by atoms with Gasteiger partial charge in [0, 0.05) is 22.5 Å². The lowest BCUT2D eigenvalue weighted by Gasteiger charge is -2.14. The lowest BCUT2D eigenvalue weighted by Crippen LogP contribution is -2.26. The maximum atomic E-state index is 12.1. The van der Waals surface area contributed by atoms with Gasteiger partial charge in [0.1, 0.15) is 0 Å². The van der Waals surface area contributed by atoms with Gasteiger partial charge in [0.05, 0.1) is 5.56 Å². The van der Waals surface area contributed by atoms with Gasteiger partial charge in [-0.05, 0) is 58.3 Å². The van der Waals surface area contributed by atoms with Crippen LogP contribution >= 0.6 is 27.3 Å². The van der Waals surface area contributed by atoms with E-state index < -0.39 is 0 Å². The van der Waals surface area contributed by atoms with E-state index in [9.17, 15) is 4.79 Å². The zero-order valence-corrected chi connectivity index (χ0v) is 14.0. The number of nitrogens with one attached hydrogen (secondary N) is 1. The molecule has 0 aliphatic rings. The first-order chi connectivity index (χ1) is 10.2. The maximum absolute atomic E-state index is 12.1. The van der Waals surface area contributed by atoms with E-state index in [1.54, 1.807) is 17.4 Å². The predicted octanol–water partition coefficient (Wildman–Crippen LogP) is 3.80. The predicted molar refractivity (Wildman–Crippen MR) is 89.9 cm³/mol. The number of aliphatic hydroxyl groups is 1. The molecule has 112 valence electrons. The molecular weight excluding hydrogens is 350 g/mol. The Labute approximate surface area is 137 Å². The molecular formula is C16H18BrNO2S. The van der Waals surface area contributed by atoms with Crippen LogP contribution in [0.5, 0.6) is 0 Å². The Bertz CT molecular complexity index is 571. The van der Waals surface area contributed by atoms with Crippen molar-refractivity contribution in [3.8, 4) is 0 Å². The van der Waals surface area contributed by atoms with Gasteiger partial charge in [-0.15, -0.1) is 11.3 Å². The van der Waals surface area contributed by atoms with E-state index in [1.165, 1.54) is 4.88 Å². The van der Waals surface area contributed by atoms with Crippen LogP contribution in [0.1, 0.15) is 34.0 Å². The summed E-state index contributed by atoms with van der Waals surface area (Å²) >= 11 is 5.08. The fourth-order valence-electron chi connectivity index (χ4n) is 2.21. The molecule has 0 spiro atoms. The summed E-state index contributed by atoms with van der Waals surface area (Å²) in [4.78, 5) is 13.4. The van der Waals surface area contributed by atoms with Crippen LogP contribution in [-0.4, -0.2) is 24.2 Å². The quantitative estimate of drug-likeness (QED) is 0.781. The molecule has 2 aromatic rings. The first kappa shape index (κ1) is 16.2. The van der Waals surface area contributed by atoms with E-state index >= 15 is 0 Å². The third-order valence-corrected chi connectivity index (χ3v) is 5.05. The van der Waals surface area contributed by atoms with E-state index in [0.717, 1.165) is 17.3 Å². The molecule has 1 unspecified atom stereocenters.